The van der Waals surface area contributed by atoms with Gasteiger partial charge in [-0.15, -0.1) is 0 Å². The summed E-state index contributed by atoms with van der Waals surface area (Å²) in [5.41, 5.74) is 2.80. The molecule has 0 amide bonds. The Balaban J connectivity index is 1.20. The van der Waals surface area contributed by atoms with Crippen molar-refractivity contribution in [2.24, 2.45) is 5.41 Å². The Labute approximate surface area is 251 Å². The number of hydrogen-bond acceptors (Lipinski definition) is 8. The van der Waals surface area contributed by atoms with Crippen molar-refractivity contribution in [3.8, 4) is 22.9 Å². The summed E-state index contributed by atoms with van der Waals surface area (Å²) in [6, 6.07) is 13.5. The van der Waals surface area contributed by atoms with Crippen LogP contribution in [-0.2, 0) is 16.1 Å². The maximum absolute atomic E-state index is 11.6. The Morgan fingerprint density at radius 2 is 1.71 bits per heavy atom. The first-order valence-corrected chi connectivity index (χ1v) is 15.0. The van der Waals surface area contributed by atoms with Crippen LogP contribution >= 0.6 is 23.2 Å². The smallest absolute Gasteiger partial charge is 0.305 e. The van der Waals surface area contributed by atoms with E-state index >= 15 is 0 Å². The number of ether oxygens (including phenoxy) is 2. The Bertz CT molecular complexity index is 1350. The zero-order chi connectivity index (χ0) is 28.4. The van der Waals surface area contributed by atoms with E-state index in [0.717, 1.165) is 87.7 Å². The van der Waals surface area contributed by atoms with Crippen molar-refractivity contribution < 1.29 is 14.3 Å². The Kier molecular flexibility index (Phi) is 8.35. The number of anilines is 1. The van der Waals surface area contributed by atoms with Crippen LogP contribution in [0.25, 0.3) is 11.3 Å². The number of pyridine rings is 2. The van der Waals surface area contributed by atoms with Gasteiger partial charge >= 0.3 is 5.97 Å². The first-order chi connectivity index (χ1) is 19.8. The second-order valence-electron chi connectivity index (χ2n) is 11.5. The molecule has 6 rings (SSSR count). The van der Waals surface area contributed by atoms with Gasteiger partial charge in [0.1, 0.15) is 11.6 Å². The molecular formula is C31H35Cl2N5O3. The predicted octanol–water partition coefficient (Wildman–Crippen LogP) is 5.91. The summed E-state index contributed by atoms with van der Waals surface area (Å²) in [5, 5.41) is 1.11. The number of aromatic nitrogens is 2. The summed E-state index contributed by atoms with van der Waals surface area (Å²) < 4.78 is 11.7. The van der Waals surface area contributed by atoms with E-state index in [9.17, 15) is 4.79 Å². The van der Waals surface area contributed by atoms with Gasteiger partial charge in [-0.1, -0.05) is 23.2 Å². The Morgan fingerprint density at radius 1 is 0.951 bits per heavy atom. The quantitative estimate of drug-likeness (QED) is 0.325. The molecule has 3 aromatic rings. The zero-order valence-corrected chi connectivity index (χ0v) is 24.8. The first kappa shape index (κ1) is 28.2. The van der Waals surface area contributed by atoms with Gasteiger partial charge in [0.25, 0.3) is 0 Å². The summed E-state index contributed by atoms with van der Waals surface area (Å²) in [6.45, 7) is 7.18. The van der Waals surface area contributed by atoms with Gasteiger partial charge in [0.05, 0.1) is 18.5 Å². The second kappa shape index (κ2) is 12.1. The van der Waals surface area contributed by atoms with E-state index in [0.29, 0.717) is 34.7 Å². The molecule has 41 heavy (non-hydrogen) atoms. The Morgan fingerprint density at radius 3 is 2.37 bits per heavy atom. The number of esters is 1. The van der Waals surface area contributed by atoms with E-state index in [1.54, 1.807) is 12.3 Å². The van der Waals surface area contributed by atoms with Crippen LogP contribution in [-0.4, -0.2) is 78.7 Å². The lowest BCUT2D eigenvalue weighted by Gasteiger charge is -2.43. The third-order valence-corrected chi connectivity index (χ3v) is 8.95. The van der Waals surface area contributed by atoms with E-state index in [2.05, 4.69) is 32.8 Å². The second-order valence-corrected chi connectivity index (χ2v) is 12.4. The van der Waals surface area contributed by atoms with Crippen LogP contribution in [0.4, 0.5) is 5.82 Å². The summed E-state index contributed by atoms with van der Waals surface area (Å²) in [6.07, 6.45) is 5.27. The number of piperidine rings is 1. The largest absolute Gasteiger partial charge is 0.465 e. The predicted molar refractivity (Wildman–Crippen MR) is 161 cm³/mol. The van der Waals surface area contributed by atoms with E-state index < -0.39 is 0 Å². The minimum Gasteiger partial charge on any atom is -0.465 e. The fraction of sp³-hybridized carbons (Fsp3) is 0.452. The molecule has 3 fully saturated rings. The molecule has 3 aliphatic heterocycles. The molecule has 0 unspecified atom stereocenters. The van der Waals surface area contributed by atoms with Gasteiger partial charge < -0.3 is 19.3 Å². The highest BCUT2D eigenvalue weighted by Gasteiger charge is 2.39. The topological polar surface area (TPSA) is 71.0 Å². The summed E-state index contributed by atoms with van der Waals surface area (Å²) in [4.78, 5) is 28.1. The summed E-state index contributed by atoms with van der Waals surface area (Å²) in [7, 11) is 2.14. The van der Waals surface area contributed by atoms with Crippen LogP contribution in [0.1, 0.15) is 31.2 Å². The van der Waals surface area contributed by atoms with E-state index in [1.807, 2.05) is 30.3 Å². The number of carbonyl (C=O) groups is 1. The number of cyclic esters (lactones) is 1. The van der Waals surface area contributed by atoms with Gasteiger partial charge in [0.2, 0.25) is 5.88 Å². The molecule has 0 bridgehead atoms. The van der Waals surface area contributed by atoms with Crippen molar-refractivity contribution in [1.29, 1.82) is 0 Å². The molecule has 0 saturated carbocycles. The van der Waals surface area contributed by atoms with Crippen LogP contribution in [0.3, 0.4) is 0 Å². The van der Waals surface area contributed by atoms with Crippen molar-refractivity contribution in [3.05, 3.63) is 64.3 Å². The number of carbonyl (C=O) groups excluding carboxylic acids is 1. The van der Waals surface area contributed by atoms with E-state index in [4.69, 9.17) is 37.7 Å². The first-order valence-electron chi connectivity index (χ1n) is 14.3. The number of halogens is 2. The number of likely N-dealkylation sites (tertiary alicyclic amines) is 1. The van der Waals surface area contributed by atoms with Crippen LogP contribution in [0.5, 0.6) is 11.6 Å². The lowest BCUT2D eigenvalue weighted by Crippen LogP contribution is -2.44. The molecule has 0 aliphatic carbocycles. The minimum atomic E-state index is -0.0693. The molecule has 1 spiro atoms. The average molecular weight is 597 g/mol. The molecule has 3 saturated heterocycles. The van der Waals surface area contributed by atoms with Crippen LogP contribution in [0.2, 0.25) is 10.0 Å². The van der Waals surface area contributed by atoms with Crippen molar-refractivity contribution in [2.45, 2.75) is 32.2 Å². The molecule has 216 valence electrons. The van der Waals surface area contributed by atoms with Crippen molar-refractivity contribution in [3.63, 3.8) is 0 Å². The maximum Gasteiger partial charge on any atom is 0.305 e. The lowest BCUT2D eigenvalue weighted by atomic mass is 9.74. The molecule has 2 aromatic heterocycles. The van der Waals surface area contributed by atoms with Gasteiger partial charge in [0, 0.05) is 66.2 Å². The maximum atomic E-state index is 11.6. The van der Waals surface area contributed by atoms with Crippen molar-refractivity contribution in [2.75, 3.05) is 57.8 Å². The summed E-state index contributed by atoms with van der Waals surface area (Å²) >= 11 is 12.7. The van der Waals surface area contributed by atoms with E-state index in [1.165, 1.54) is 0 Å². The zero-order valence-electron chi connectivity index (χ0n) is 23.3. The number of piperazine rings is 1. The molecule has 0 N–H and O–H groups in total. The van der Waals surface area contributed by atoms with E-state index in [-0.39, 0.29) is 11.4 Å². The van der Waals surface area contributed by atoms with Gasteiger partial charge in [0.15, 0.2) is 0 Å². The normalized spacial score (nSPS) is 19.8. The highest BCUT2D eigenvalue weighted by Crippen LogP contribution is 2.40. The standard InChI is InChI=1S/C31H35Cl2N5O3/c1-36-10-12-38(13-11-36)28-3-2-26(19-34-28)41-29-15-22(14-27(35-29)23-16-24(32)18-25(33)17-23)20-37-8-6-31(7-9-37)5-4-30(39)40-21-31/h2-3,14-19H,4-13,20-21H2,1H3. The monoisotopic (exact) mass is 595 g/mol. The lowest BCUT2D eigenvalue weighted by molar-refractivity contribution is -0.156. The molecule has 5 heterocycles. The van der Waals surface area contributed by atoms with Crippen LogP contribution < -0.4 is 9.64 Å². The number of benzene rings is 1. The van der Waals surface area contributed by atoms with Crippen molar-refractivity contribution >= 4 is 35.0 Å². The summed E-state index contributed by atoms with van der Waals surface area (Å²) in [5.74, 6) is 2.02. The average Bonchev–Trinajstić information content (AvgIpc) is 2.96. The molecule has 8 nitrogen and oxygen atoms in total. The van der Waals surface area contributed by atoms with Gasteiger partial charge in [-0.25, -0.2) is 9.97 Å². The number of hydrogen-bond donors (Lipinski definition) is 0. The molecule has 0 radical (unpaired) electrons. The van der Waals surface area contributed by atoms with Gasteiger partial charge in [-0.05, 0) is 81.4 Å². The molecule has 10 heteroatoms. The van der Waals surface area contributed by atoms with Crippen molar-refractivity contribution in [1.82, 2.24) is 19.8 Å². The highest BCUT2D eigenvalue weighted by atomic mass is 35.5. The third-order valence-electron chi connectivity index (χ3n) is 8.51. The van der Waals surface area contributed by atoms with Gasteiger partial charge in [-0.3, -0.25) is 9.69 Å². The van der Waals surface area contributed by atoms with Gasteiger partial charge in [-0.2, -0.15) is 0 Å². The molecule has 1 aromatic carbocycles. The number of rotatable bonds is 6. The van der Waals surface area contributed by atoms with Crippen LogP contribution in [0, 0.1) is 5.41 Å². The van der Waals surface area contributed by atoms with Crippen LogP contribution in [0.15, 0.2) is 48.7 Å². The number of likely N-dealkylation sites (N-methyl/N-ethyl adjacent to an activating group) is 1. The SMILES string of the molecule is CN1CCN(c2ccc(Oc3cc(CN4CCC5(CCC(=O)OC5)CC4)cc(-c4cc(Cl)cc(Cl)c4)n3)cn2)CC1. The third kappa shape index (κ3) is 6.95. The minimum absolute atomic E-state index is 0.0693. The molecular weight excluding hydrogens is 561 g/mol. The highest BCUT2D eigenvalue weighted by molar-refractivity contribution is 6.35. The molecule has 0 atom stereocenters. The fourth-order valence-electron chi connectivity index (χ4n) is 5.91. The number of nitrogens with zero attached hydrogens (tertiary/aromatic N) is 5. The molecule has 3 aliphatic rings. The fourth-order valence-corrected chi connectivity index (χ4v) is 6.44. The Hall–Kier alpha value is -2.91.